The van der Waals surface area contributed by atoms with Gasteiger partial charge in [-0.25, -0.2) is 14.6 Å². The van der Waals surface area contributed by atoms with Crippen LogP contribution in [0.3, 0.4) is 0 Å². The second-order valence-corrected chi connectivity index (χ2v) is 3.28. The quantitative estimate of drug-likeness (QED) is 0.326. The number of esters is 1. The second-order valence-electron chi connectivity index (χ2n) is 3.28. The first-order valence-corrected chi connectivity index (χ1v) is 4.66. The Morgan fingerprint density at radius 1 is 1.47 bits per heavy atom. The Hall–Kier alpha value is -1.15. The van der Waals surface area contributed by atoms with Crippen molar-refractivity contribution in [3.8, 4) is 0 Å². The zero-order chi connectivity index (χ0) is 13.1. The molecule has 1 fully saturated rings. The minimum Gasteiger partial charge on any atom is -0.457 e. The minimum absolute atomic E-state index is 0.238. The summed E-state index contributed by atoms with van der Waals surface area (Å²) in [6.07, 6.45) is -1.62. The molecule has 4 nitrogen and oxygen atoms in total. The van der Waals surface area contributed by atoms with E-state index >= 15 is 0 Å². The number of carbonyl (C=O) groups is 1. The average molecular weight is 258 g/mol. The van der Waals surface area contributed by atoms with Gasteiger partial charge in [-0.3, -0.25) is 0 Å². The molecule has 1 unspecified atom stereocenters. The highest BCUT2D eigenvalue weighted by atomic mass is 19.3. The van der Waals surface area contributed by atoms with Gasteiger partial charge >= 0.3 is 17.8 Å². The summed E-state index contributed by atoms with van der Waals surface area (Å²) in [7, 11) is 0. The lowest BCUT2D eigenvalue weighted by Crippen LogP contribution is -2.54. The average Bonchev–Trinajstić information content (AvgIpc) is 2.79. The predicted molar refractivity (Wildman–Crippen MR) is 46.5 cm³/mol. The van der Waals surface area contributed by atoms with Crippen molar-refractivity contribution in [1.82, 2.24) is 0 Å². The van der Waals surface area contributed by atoms with Gasteiger partial charge in [-0.1, -0.05) is 12.7 Å². The minimum atomic E-state index is -4.98. The van der Waals surface area contributed by atoms with Crippen molar-refractivity contribution in [2.45, 2.75) is 24.4 Å². The number of hydrogen-bond donors (Lipinski definition) is 0. The molecule has 0 saturated carbocycles. The first-order chi connectivity index (χ1) is 7.84. The SMILES string of the molecule is C=CCOC(=O)C(F)(F)C(F)(F)C1CCOO1. The van der Waals surface area contributed by atoms with Crippen molar-refractivity contribution in [3.05, 3.63) is 12.7 Å². The summed E-state index contributed by atoms with van der Waals surface area (Å²) < 4.78 is 56.9. The maximum atomic E-state index is 13.3. The van der Waals surface area contributed by atoms with Gasteiger partial charge in [0.25, 0.3) is 0 Å². The normalized spacial score (nSPS) is 21.3. The molecule has 0 aromatic heterocycles. The molecule has 17 heavy (non-hydrogen) atoms. The molecule has 0 amide bonds. The summed E-state index contributed by atoms with van der Waals surface area (Å²) in [5.74, 6) is -12.0. The van der Waals surface area contributed by atoms with E-state index in [0.717, 1.165) is 6.08 Å². The summed E-state index contributed by atoms with van der Waals surface area (Å²) in [6.45, 7) is 2.29. The lowest BCUT2D eigenvalue weighted by Gasteiger charge is -2.27. The highest BCUT2D eigenvalue weighted by molar-refractivity contribution is 5.79. The standard InChI is InChI=1S/C9H10F4O4/c1-2-4-15-7(14)9(12,13)8(10,11)6-3-5-16-17-6/h2,6H,1,3-5H2. The van der Waals surface area contributed by atoms with Gasteiger partial charge in [0.05, 0.1) is 6.61 Å². The molecule has 98 valence electrons. The summed E-state index contributed by atoms with van der Waals surface area (Å²) in [5, 5.41) is 0. The zero-order valence-corrected chi connectivity index (χ0v) is 8.63. The van der Waals surface area contributed by atoms with Crippen LogP contribution in [-0.4, -0.2) is 37.1 Å². The largest absolute Gasteiger partial charge is 0.457 e. The van der Waals surface area contributed by atoms with Crippen molar-refractivity contribution in [2.24, 2.45) is 0 Å². The van der Waals surface area contributed by atoms with Crippen LogP contribution in [0.2, 0.25) is 0 Å². The van der Waals surface area contributed by atoms with Gasteiger partial charge in [-0.2, -0.15) is 17.6 Å². The molecule has 0 radical (unpaired) electrons. The molecular weight excluding hydrogens is 248 g/mol. The molecule has 0 aromatic carbocycles. The number of halogens is 4. The van der Waals surface area contributed by atoms with Crippen molar-refractivity contribution in [1.29, 1.82) is 0 Å². The molecule has 1 aliphatic heterocycles. The van der Waals surface area contributed by atoms with E-state index in [1.165, 1.54) is 0 Å². The van der Waals surface area contributed by atoms with Crippen molar-refractivity contribution >= 4 is 5.97 Å². The van der Waals surface area contributed by atoms with E-state index in [2.05, 4.69) is 21.1 Å². The molecule has 0 bridgehead atoms. The van der Waals surface area contributed by atoms with E-state index in [9.17, 15) is 22.4 Å². The van der Waals surface area contributed by atoms with Crippen LogP contribution in [0, 0.1) is 0 Å². The summed E-state index contributed by atoms with van der Waals surface area (Å²) in [6, 6.07) is 0. The number of rotatable bonds is 5. The molecule has 1 aliphatic rings. The van der Waals surface area contributed by atoms with Crippen LogP contribution in [0.4, 0.5) is 17.6 Å². The fourth-order valence-corrected chi connectivity index (χ4v) is 1.14. The molecule has 1 saturated heterocycles. The highest BCUT2D eigenvalue weighted by Gasteiger charge is 2.68. The van der Waals surface area contributed by atoms with E-state index in [-0.39, 0.29) is 6.61 Å². The molecule has 0 aliphatic carbocycles. The van der Waals surface area contributed by atoms with Gasteiger partial charge in [-0.15, -0.1) is 0 Å². The van der Waals surface area contributed by atoms with Gasteiger partial charge < -0.3 is 4.74 Å². The van der Waals surface area contributed by atoms with Crippen LogP contribution in [0.1, 0.15) is 6.42 Å². The van der Waals surface area contributed by atoms with Gasteiger partial charge in [0.15, 0.2) is 6.10 Å². The van der Waals surface area contributed by atoms with Crippen LogP contribution in [0.25, 0.3) is 0 Å². The molecule has 1 rings (SSSR count). The molecule has 8 heteroatoms. The third kappa shape index (κ3) is 2.58. The van der Waals surface area contributed by atoms with E-state index in [4.69, 9.17) is 0 Å². The van der Waals surface area contributed by atoms with E-state index in [1.807, 2.05) is 0 Å². The maximum absolute atomic E-state index is 13.3. The molecule has 0 N–H and O–H groups in total. The summed E-state index contributed by atoms with van der Waals surface area (Å²) in [4.78, 5) is 18.9. The molecular formula is C9H10F4O4. The van der Waals surface area contributed by atoms with E-state index in [1.54, 1.807) is 0 Å². The van der Waals surface area contributed by atoms with Gasteiger partial charge in [-0.05, 0) is 0 Å². The Morgan fingerprint density at radius 2 is 2.12 bits per heavy atom. The summed E-state index contributed by atoms with van der Waals surface area (Å²) >= 11 is 0. The van der Waals surface area contributed by atoms with Crippen LogP contribution in [0.5, 0.6) is 0 Å². The highest BCUT2D eigenvalue weighted by Crippen LogP contribution is 2.41. The molecule has 1 heterocycles. The van der Waals surface area contributed by atoms with Crippen molar-refractivity contribution in [3.63, 3.8) is 0 Å². The lowest BCUT2D eigenvalue weighted by molar-refractivity contribution is -0.339. The fraction of sp³-hybridized carbons (Fsp3) is 0.667. The fourth-order valence-electron chi connectivity index (χ4n) is 1.14. The molecule has 0 aromatic rings. The number of ether oxygens (including phenoxy) is 1. The number of hydrogen-bond acceptors (Lipinski definition) is 4. The first kappa shape index (κ1) is 13.9. The Kier molecular flexibility index (Phi) is 4.10. The lowest BCUT2D eigenvalue weighted by atomic mass is 10.0. The van der Waals surface area contributed by atoms with Gasteiger partial charge in [0.1, 0.15) is 6.61 Å². The summed E-state index contributed by atoms with van der Waals surface area (Å²) in [5.41, 5.74) is 0. The second kappa shape index (κ2) is 5.01. The van der Waals surface area contributed by atoms with Gasteiger partial charge in [0.2, 0.25) is 0 Å². The Balaban J connectivity index is 2.78. The number of carbonyl (C=O) groups excluding carboxylic acids is 1. The maximum Gasteiger partial charge on any atom is 0.407 e. The Bertz CT molecular complexity index is 299. The van der Waals surface area contributed by atoms with E-state index in [0.29, 0.717) is 0 Å². The smallest absolute Gasteiger partial charge is 0.407 e. The zero-order valence-electron chi connectivity index (χ0n) is 8.63. The van der Waals surface area contributed by atoms with E-state index < -0.39 is 36.9 Å². The van der Waals surface area contributed by atoms with Crippen LogP contribution >= 0.6 is 0 Å². The van der Waals surface area contributed by atoms with Crippen molar-refractivity contribution < 1.29 is 36.9 Å². The molecule has 0 spiro atoms. The Morgan fingerprint density at radius 3 is 2.59 bits per heavy atom. The van der Waals surface area contributed by atoms with Crippen LogP contribution in [-0.2, 0) is 19.3 Å². The van der Waals surface area contributed by atoms with Crippen LogP contribution < -0.4 is 0 Å². The first-order valence-electron chi connectivity index (χ1n) is 4.66. The topological polar surface area (TPSA) is 44.8 Å². The van der Waals surface area contributed by atoms with Gasteiger partial charge in [0, 0.05) is 6.42 Å². The van der Waals surface area contributed by atoms with Crippen LogP contribution in [0.15, 0.2) is 12.7 Å². The van der Waals surface area contributed by atoms with Crippen molar-refractivity contribution in [2.75, 3.05) is 13.2 Å². The predicted octanol–water partition coefficient (Wildman–Crippen LogP) is 1.71. The Labute approximate surface area is 94.1 Å². The third-order valence-electron chi connectivity index (χ3n) is 2.06. The third-order valence-corrected chi connectivity index (χ3v) is 2.06. The molecule has 1 atom stereocenters. The monoisotopic (exact) mass is 258 g/mol. The number of alkyl halides is 4.